The zero-order chi connectivity index (χ0) is 16.5. The van der Waals surface area contributed by atoms with E-state index in [-0.39, 0.29) is 24.1 Å². The van der Waals surface area contributed by atoms with Gasteiger partial charge in [0, 0.05) is 10.9 Å². The molecular weight excluding hydrogens is 324 g/mol. The number of nitrogens with zero attached hydrogens (tertiary/aromatic N) is 4. The Morgan fingerprint density at radius 1 is 1.25 bits per heavy atom. The van der Waals surface area contributed by atoms with Crippen LogP contribution in [0.15, 0.2) is 46.6 Å². The van der Waals surface area contributed by atoms with Crippen LogP contribution in [-0.2, 0) is 17.9 Å². The summed E-state index contributed by atoms with van der Waals surface area (Å²) in [4.78, 5) is 28.2. The summed E-state index contributed by atoms with van der Waals surface area (Å²) < 4.78 is 1.16. The van der Waals surface area contributed by atoms with Crippen LogP contribution in [0.1, 0.15) is 17.7 Å². The van der Waals surface area contributed by atoms with Gasteiger partial charge in [-0.3, -0.25) is 9.59 Å². The number of hydrogen-bond donors (Lipinski definition) is 0. The Labute approximate surface area is 142 Å². The second-order valence-electron chi connectivity index (χ2n) is 5.90. The molecule has 0 saturated heterocycles. The summed E-state index contributed by atoms with van der Waals surface area (Å²) in [7, 11) is 0. The van der Waals surface area contributed by atoms with Crippen molar-refractivity contribution in [2.45, 2.75) is 32.0 Å². The van der Waals surface area contributed by atoms with Gasteiger partial charge in [-0.2, -0.15) is 0 Å². The smallest absolute Gasteiger partial charge is 0.278 e. The summed E-state index contributed by atoms with van der Waals surface area (Å²) in [5.74, 6) is -0.0856. The van der Waals surface area contributed by atoms with Crippen LogP contribution in [0.2, 0.25) is 0 Å². The number of aromatic nitrogens is 3. The Balaban J connectivity index is 1.58. The number of hydrogen-bond acceptors (Lipinski definition) is 5. The molecule has 0 aliphatic heterocycles. The van der Waals surface area contributed by atoms with Crippen molar-refractivity contribution in [3.8, 4) is 0 Å². The second kappa shape index (κ2) is 6.16. The quantitative estimate of drug-likeness (QED) is 0.713. The van der Waals surface area contributed by atoms with E-state index in [0.717, 1.165) is 22.4 Å². The fraction of sp³-hybridized carbons (Fsp3) is 0.294. The van der Waals surface area contributed by atoms with Crippen LogP contribution >= 0.6 is 11.3 Å². The zero-order valence-electron chi connectivity index (χ0n) is 13.0. The Kier molecular flexibility index (Phi) is 3.86. The molecule has 3 aromatic rings. The minimum atomic E-state index is -0.277. The van der Waals surface area contributed by atoms with E-state index >= 15 is 0 Å². The fourth-order valence-corrected chi connectivity index (χ4v) is 3.43. The minimum absolute atomic E-state index is 0.0709. The van der Waals surface area contributed by atoms with Gasteiger partial charge < -0.3 is 4.90 Å². The van der Waals surface area contributed by atoms with Crippen molar-refractivity contribution in [1.29, 1.82) is 0 Å². The van der Waals surface area contributed by atoms with Crippen molar-refractivity contribution in [3.05, 3.63) is 57.0 Å². The Morgan fingerprint density at radius 2 is 2.08 bits per heavy atom. The second-order valence-corrected chi connectivity index (χ2v) is 6.93. The monoisotopic (exact) mass is 340 g/mol. The maximum absolute atomic E-state index is 12.7. The molecule has 1 saturated carbocycles. The number of amides is 1. The summed E-state index contributed by atoms with van der Waals surface area (Å²) in [5.41, 5.74) is 0.268. The summed E-state index contributed by atoms with van der Waals surface area (Å²) in [5, 5.41) is 10.4. The highest BCUT2D eigenvalue weighted by molar-refractivity contribution is 7.09. The molecule has 24 heavy (non-hydrogen) atoms. The molecule has 0 bridgehead atoms. The first-order valence-electron chi connectivity index (χ1n) is 7.87. The highest BCUT2D eigenvalue weighted by Gasteiger charge is 2.33. The number of thiophene rings is 1. The summed E-state index contributed by atoms with van der Waals surface area (Å²) in [6.45, 7) is 0.523. The van der Waals surface area contributed by atoms with Gasteiger partial charge in [0.25, 0.3) is 5.56 Å². The number of rotatable bonds is 5. The van der Waals surface area contributed by atoms with Crippen molar-refractivity contribution < 1.29 is 4.79 Å². The summed E-state index contributed by atoms with van der Waals surface area (Å²) in [6, 6.07) is 11.3. The molecule has 1 aliphatic carbocycles. The molecule has 0 radical (unpaired) electrons. The molecular formula is C17H16N4O2S. The molecule has 2 heterocycles. The maximum atomic E-state index is 12.7. The lowest BCUT2D eigenvalue weighted by Crippen LogP contribution is -2.38. The molecule has 1 aliphatic rings. The standard InChI is InChI=1S/C17H16N4O2S/c22-16(20(12-7-8-12)10-13-4-3-9-24-13)11-21-17(23)14-5-1-2-6-15(14)18-19-21/h1-6,9,12H,7-8,10-11H2. The van der Waals surface area contributed by atoms with Gasteiger partial charge in [-0.05, 0) is 36.4 Å². The Bertz CT molecular complexity index is 931. The van der Waals surface area contributed by atoms with E-state index in [1.165, 1.54) is 0 Å². The SMILES string of the molecule is O=C(Cn1nnc2ccccc2c1=O)N(Cc1cccs1)C1CC1. The number of carbonyl (C=O) groups excluding carboxylic acids is 1. The molecule has 6 nitrogen and oxygen atoms in total. The van der Waals surface area contributed by atoms with E-state index in [9.17, 15) is 9.59 Å². The minimum Gasteiger partial charge on any atom is -0.333 e. The van der Waals surface area contributed by atoms with E-state index in [1.807, 2.05) is 28.5 Å². The first-order chi connectivity index (χ1) is 11.7. The third-order valence-electron chi connectivity index (χ3n) is 4.13. The summed E-state index contributed by atoms with van der Waals surface area (Å²) >= 11 is 1.63. The van der Waals surface area contributed by atoms with E-state index in [1.54, 1.807) is 29.5 Å². The molecule has 7 heteroatoms. The van der Waals surface area contributed by atoms with Crippen molar-refractivity contribution in [2.24, 2.45) is 0 Å². The topological polar surface area (TPSA) is 68.1 Å². The zero-order valence-corrected chi connectivity index (χ0v) is 13.8. The third-order valence-corrected chi connectivity index (χ3v) is 4.99. The predicted molar refractivity (Wildman–Crippen MR) is 91.7 cm³/mol. The van der Waals surface area contributed by atoms with Crippen molar-refractivity contribution in [1.82, 2.24) is 19.9 Å². The summed E-state index contributed by atoms with van der Waals surface area (Å²) in [6.07, 6.45) is 2.05. The van der Waals surface area contributed by atoms with E-state index in [0.29, 0.717) is 17.4 Å². The normalized spacial score (nSPS) is 14.0. The van der Waals surface area contributed by atoms with Gasteiger partial charge in [0.15, 0.2) is 0 Å². The molecule has 1 fully saturated rings. The number of carbonyl (C=O) groups is 1. The van der Waals surface area contributed by atoms with Gasteiger partial charge in [0.1, 0.15) is 12.1 Å². The molecule has 122 valence electrons. The van der Waals surface area contributed by atoms with Gasteiger partial charge in [0.2, 0.25) is 5.91 Å². The van der Waals surface area contributed by atoms with Gasteiger partial charge in [-0.25, -0.2) is 4.68 Å². The van der Waals surface area contributed by atoms with Gasteiger partial charge in [-0.15, -0.1) is 16.4 Å². The van der Waals surface area contributed by atoms with Crippen LogP contribution in [0.25, 0.3) is 10.9 Å². The lowest BCUT2D eigenvalue weighted by molar-refractivity contribution is -0.133. The fourth-order valence-electron chi connectivity index (χ4n) is 2.72. The van der Waals surface area contributed by atoms with Crippen LogP contribution in [0, 0.1) is 0 Å². The number of fused-ring (bicyclic) bond motifs is 1. The average molecular weight is 340 g/mol. The highest BCUT2D eigenvalue weighted by atomic mass is 32.1. The Hall–Kier alpha value is -2.54. The van der Waals surface area contributed by atoms with Crippen LogP contribution in [0.4, 0.5) is 0 Å². The van der Waals surface area contributed by atoms with E-state index < -0.39 is 0 Å². The number of benzene rings is 1. The van der Waals surface area contributed by atoms with Gasteiger partial charge in [-0.1, -0.05) is 23.4 Å². The largest absolute Gasteiger partial charge is 0.333 e. The van der Waals surface area contributed by atoms with Gasteiger partial charge >= 0.3 is 0 Å². The Morgan fingerprint density at radius 3 is 2.83 bits per heavy atom. The van der Waals surface area contributed by atoms with Crippen molar-refractivity contribution in [2.75, 3.05) is 0 Å². The molecule has 0 atom stereocenters. The molecule has 2 aromatic heterocycles. The van der Waals surface area contributed by atoms with Crippen LogP contribution in [0.5, 0.6) is 0 Å². The van der Waals surface area contributed by atoms with Crippen molar-refractivity contribution in [3.63, 3.8) is 0 Å². The van der Waals surface area contributed by atoms with Crippen LogP contribution in [-0.4, -0.2) is 31.8 Å². The molecule has 4 rings (SSSR count). The van der Waals surface area contributed by atoms with Gasteiger partial charge in [0.05, 0.1) is 11.9 Å². The average Bonchev–Trinajstić information content (AvgIpc) is 3.31. The van der Waals surface area contributed by atoms with Crippen LogP contribution in [0.3, 0.4) is 0 Å². The van der Waals surface area contributed by atoms with E-state index in [2.05, 4.69) is 10.3 Å². The molecule has 0 unspecified atom stereocenters. The first kappa shape index (κ1) is 15.0. The van der Waals surface area contributed by atoms with E-state index in [4.69, 9.17) is 0 Å². The predicted octanol–water partition coefficient (Wildman–Crippen LogP) is 2.04. The molecule has 1 amide bonds. The molecule has 1 aromatic carbocycles. The van der Waals surface area contributed by atoms with Crippen LogP contribution < -0.4 is 5.56 Å². The third kappa shape index (κ3) is 2.94. The lowest BCUT2D eigenvalue weighted by Gasteiger charge is -2.21. The molecule has 0 spiro atoms. The molecule has 0 N–H and O–H groups in total. The first-order valence-corrected chi connectivity index (χ1v) is 8.75. The van der Waals surface area contributed by atoms with Crippen molar-refractivity contribution >= 4 is 28.1 Å². The highest BCUT2D eigenvalue weighted by Crippen LogP contribution is 2.29. The maximum Gasteiger partial charge on any atom is 0.278 e. The lowest BCUT2D eigenvalue weighted by atomic mass is 10.2.